The van der Waals surface area contributed by atoms with Crippen LogP contribution in [0.5, 0.6) is 0 Å². The summed E-state index contributed by atoms with van der Waals surface area (Å²) < 4.78 is 0. The Balaban J connectivity index is 5.52. The Morgan fingerprint density at radius 1 is 1.07 bits per heavy atom. The zero-order valence-corrected chi connectivity index (χ0v) is 9.54. The summed E-state index contributed by atoms with van der Waals surface area (Å²) in [6, 6.07) is 0. The third-order valence-corrected chi connectivity index (χ3v) is 2.34. The zero-order chi connectivity index (χ0) is 12.2. The van der Waals surface area contributed by atoms with Gasteiger partial charge in [0.2, 0.25) is 0 Å². The van der Waals surface area contributed by atoms with Crippen molar-refractivity contribution in [2.24, 2.45) is 5.73 Å². The smallest absolute Gasteiger partial charge is 0.129 e. The van der Waals surface area contributed by atoms with Crippen molar-refractivity contribution in [2.45, 2.75) is 26.3 Å². The Kier molecular flexibility index (Phi) is 4.37. The minimum atomic E-state index is -1.31. The molecule has 0 radical (unpaired) electrons. The fourth-order valence-electron chi connectivity index (χ4n) is 1.12. The van der Waals surface area contributed by atoms with E-state index in [-0.39, 0.29) is 11.5 Å². The fourth-order valence-corrected chi connectivity index (χ4v) is 1.12. The molecule has 3 heteroatoms. The molecule has 0 aliphatic rings. The molecule has 15 heavy (non-hydrogen) atoms. The summed E-state index contributed by atoms with van der Waals surface area (Å²) in [6.07, 6.45) is 2.97. The van der Waals surface area contributed by atoms with Crippen molar-refractivity contribution < 1.29 is 10.2 Å². The Bertz CT molecular complexity index is 304. The van der Waals surface area contributed by atoms with E-state index in [1.54, 1.807) is 13.8 Å². The molecule has 3 nitrogen and oxygen atoms in total. The average Bonchev–Trinajstić information content (AvgIpc) is 2.24. The second-order valence-electron chi connectivity index (χ2n) is 3.67. The van der Waals surface area contributed by atoms with Crippen molar-refractivity contribution >= 4 is 0 Å². The van der Waals surface area contributed by atoms with Crippen LogP contribution in [0, 0.1) is 0 Å². The van der Waals surface area contributed by atoms with E-state index in [1.807, 2.05) is 0 Å². The Hall–Kier alpha value is -1.48. The molecule has 0 unspecified atom stereocenters. The SMILES string of the molecule is C=C/C(C)=C(\O)C(C)(N)/C(O)=C(\C)C=C. The summed E-state index contributed by atoms with van der Waals surface area (Å²) in [5.41, 5.74) is 5.60. The second-order valence-corrected chi connectivity index (χ2v) is 3.67. The molecule has 0 heterocycles. The lowest BCUT2D eigenvalue weighted by molar-refractivity contribution is 0.255. The lowest BCUT2D eigenvalue weighted by atomic mass is 9.92. The van der Waals surface area contributed by atoms with Crippen molar-refractivity contribution in [2.75, 3.05) is 0 Å². The third-order valence-electron chi connectivity index (χ3n) is 2.34. The molecule has 0 aliphatic carbocycles. The van der Waals surface area contributed by atoms with Gasteiger partial charge in [-0.15, -0.1) is 0 Å². The number of hydrogen-bond acceptors (Lipinski definition) is 3. The van der Waals surface area contributed by atoms with Crippen LogP contribution in [0.4, 0.5) is 0 Å². The molecule has 0 aromatic heterocycles. The van der Waals surface area contributed by atoms with Gasteiger partial charge in [0.1, 0.15) is 17.1 Å². The van der Waals surface area contributed by atoms with Gasteiger partial charge in [-0.05, 0) is 31.9 Å². The Labute approximate surface area is 90.9 Å². The van der Waals surface area contributed by atoms with Crippen molar-refractivity contribution in [3.8, 4) is 0 Å². The molecule has 0 amide bonds. The molecule has 0 saturated carbocycles. The first-order chi connectivity index (χ1) is 6.78. The summed E-state index contributed by atoms with van der Waals surface area (Å²) >= 11 is 0. The minimum Gasteiger partial charge on any atom is -0.510 e. The number of rotatable bonds is 4. The fraction of sp³-hybridized carbons (Fsp3) is 0.333. The van der Waals surface area contributed by atoms with Crippen LogP contribution < -0.4 is 5.73 Å². The van der Waals surface area contributed by atoms with Crippen LogP contribution in [-0.4, -0.2) is 15.8 Å². The van der Waals surface area contributed by atoms with Crippen molar-refractivity contribution in [1.82, 2.24) is 0 Å². The maximum Gasteiger partial charge on any atom is 0.129 e. The molecular weight excluding hydrogens is 190 g/mol. The Morgan fingerprint density at radius 2 is 1.33 bits per heavy atom. The first-order valence-corrected chi connectivity index (χ1v) is 4.63. The van der Waals surface area contributed by atoms with Crippen molar-refractivity contribution in [3.63, 3.8) is 0 Å². The van der Waals surface area contributed by atoms with Crippen LogP contribution in [0.25, 0.3) is 0 Å². The number of nitrogens with two attached hydrogens (primary N) is 1. The molecule has 0 spiro atoms. The van der Waals surface area contributed by atoms with Gasteiger partial charge >= 0.3 is 0 Å². The standard InChI is InChI=1S/C12H19NO2/c1-6-8(3)10(14)12(5,13)11(15)9(4)7-2/h6-7,14-15H,1-2,13H2,3-5H3/b10-8-,11-9-. The molecule has 0 saturated heterocycles. The molecule has 84 valence electrons. The molecule has 0 aromatic rings. The number of aliphatic hydroxyl groups excluding tert-OH is 2. The van der Waals surface area contributed by atoms with Crippen LogP contribution in [-0.2, 0) is 0 Å². The normalized spacial score (nSPS) is 15.2. The molecular formula is C12H19NO2. The number of aliphatic hydroxyl groups is 2. The van der Waals surface area contributed by atoms with Crippen LogP contribution >= 0.6 is 0 Å². The maximum absolute atomic E-state index is 9.82. The van der Waals surface area contributed by atoms with E-state index in [0.29, 0.717) is 11.1 Å². The Morgan fingerprint density at radius 3 is 1.53 bits per heavy atom. The van der Waals surface area contributed by atoms with E-state index < -0.39 is 5.54 Å². The highest BCUT2D eigenvalue weighted by atomic mass is 16.3. The van der Waals surface area contributed by atoms with Gasteiger partial charge in [0.05, 0.1) is 0 Å². The predicted octanol–water partition coefficient (Wildman–Crippen LogP) is 2.74. The van der Waals surface area contributed by atoms with Crippen molar-refractivity contribution in [1.29, 1.82) is 0 Å². The van der Waals surface area contributed by atoms with Gasteiger partial charge in [0.25, 0.3) is 0 Å². The summed E-state index contributed by atoms with van der Waals surface area (Å²) in [5.74, 6) is -0.201. The lowest BCUT2D eigenvalue weighted by Gasteiger charge is -2.25. The first-order valence-electron chi connectivity index (χ1n) is 4.63. The number of allylic oxidation sites excluding steroid dienone is 4. The van der Waals surface area contributed by atoms with Crippen LogP contribution in [0.3, 0.4) is 0 Å². The van der Waals surface area contributed by atoms with Crippen LogP contribution in [0.1, 0.15) is 20.8 Å². The van der Waals surface area contributed by atoms with Gasteiger partial charge < -0.3 is 15.9 Å². The van der Waals surface area contributed by atoms with Gasteiger partial charge in [-0.1, -0.05) is 25.3 Å². The molecule has 0 atom stereocenters. The molecule has 0 bridgehead atoms. The summed E-state index contributed by atoms with van der Waals surface area (Å²) in [6.45, 7) is 11.9. The van der Waals surface area contributed by atoms with Gasteiger partial charge in [-0.3, -0.25) is 0 Å². The average molecular weight is 209 g/mol. The quantitative estimate of drug-likeness (QED) is 0.492. The molecule has 0 fully saturated rings. The molecule has 0 aliphatic heterocycles. The number of hydrogen-bond donors (Lipinski definition) is 3. The van der Waals surface area contributed by atoms with Gasteiger partial charge in [0.15, 0.2) is 0 Å². The largest absolute Gasteiger partial charge is 0.510 e. The van der Waals surface area contributed by atoms with Gasteiger partial charge in [0, 0.05) is 0 Å². The van der Waals surface area contributed by atoms with Crippen LogP contribution in [0.2, 0.25) is 0 Å². The minimum absolute atomic E-state index is 0.101. The topological polar surface area (TPSA) is 66.5 Å². The van der Waals surface area contributed by atoms with E-state index in [0.717, 1.165) is 0 Å². The monoisotopic (exact) mass is 209 g/mol. The summed E-state index contributed by atoms with van der Waals surface area (Å²) in [4.78, 5) is 0. The van der Waals surface area contributed by atoms with Gasteiger partial charge in [-0.25, -0.2) is 0 Å². The molecule has 0 rings (SSSR count). The van der Waals surface area contributed by atoms with Gasteiger partial charge in [-0.2, -0.15) is 0 Å². The molecule has 4 N–H and O–H groups in total. The van der Waals surface area contributed by atoms with E-state index in [9.17, 15) is 10.2 Å². The highest BCUT2D eigenvalue weighted by Gasteiger charge is 2.31. The van der Waals surface area contributed by atoms with Crippen molar-refractivity contribution in [3.05, 3.63) is 48.0 Å². The van der Waals surface area contributed by atoms with E-state index in [4.69, 9.17) is 5.73 Å². The van der Waals surface area contributed by atoms with Crippen LogP contribution in [0.15, 0.2) is 48.0 Å². The summed E-state index contributed by atoms with van der Waals surface area (Å²) in [7, 11) is 0. The summed E-state index contributed by atoms with van der Waals surface area (Å²) in [5, 5.41) is 19.6. The van der Waals surface area contributed by atoms with E-state index >= 15 is 0 Å². The second kappa shape index (κ2) is 4.84. The third kappa shape index (κ3) is 2.73. The van der Waals surface area contributed by atoms with E-state index in [2.05, 4.69) is 13.2 Å². The zero-order valence-electron chi connectivity index (χ0n) is 9.54. The molecule has 0 aromatic carbocycles. The first kappa shape index (κ1) is 13.5. The predicted molar refractivity (Wildman–Crippen MR) is 63.6 cm³/mol. The maximum atomic E-state index is 9.82. The highest BCUT2D eigenvalue weighted by Crippen LogP contribution is 2.24. The lowest BCUT2D eigenvalue weighted by Crippen LogP contribution is -2.41. The van der Waals surface area contributed by atoms with E-state index in [1.165, 1.54) is 19.1 Å². The highest BCUT2D eigenvalue weighted by molar-refractivity contribution is 5.36.